The smallest absolute Gasteiger partial charge is 0.304 e. The number of carbonyl (C=O) groups excluding carboxylic acids is 1. The van der Waals surface area contributed by atoms with E-state index in [9.17, 15) is 26.4 Å². The van der Waals surface area contributed by atoms with E-state index in [1.165, 1.54) is 24.3 Å². The van der Waals surface area contributed by atoms with Crippen LogP contribution in [0, 0.1) is 0 Å². The molecule has 1 aliphatic heterocycles. The number of rotatable bonds is 4. The average molecular weight is 483 g/mol. The maximum Gasteiger partial charge on any atom is 0.416 e. The van der Waals surface area contributed by atoms with Crippen LogP contribution >= 0.6 is 35.0 Å². The molecule has 5 nitrogen and oxygen atoms in total. The van der Waals surface area contributed by atoms with Crippen molar-refractivity contribution in [2.75, 3.05) is 0 Å². The van der Waals surface area contributed by atoms with Crippen molar-refractivity contribution >= 4 is 56.1 Å². The minimum atomic E-state index is -4.50. The Bertz CT molecular complexity index is 1110. The summed E-state index contributed by atoms with van der Waals surface area (Å²) in [7, 11) is -4.17. The molecule has 1 unspecified atom stereocenters. The number of thioether (sulfide) groups is 1. The van der Waals surface area contributed by atoms with Gasteiger partial charge >= 0.3 is 6.18 Å². The zero-order chi connectivity index (χ0) is 21.4. The third-order valence-corrected chi connectivity index (χ3v) is 7.05. The summed E-state index contributed by atoms with van der Waals surface area (Å²) in [5.74, 6) is -0.546. The number of hydrogen-bond acceptors (Lipinski definition) is 4. The third kappa shape index (κ3) is 5.25. The lowest BCUT2D eigenvalue weighted by molar-refractivity contribution is -0.137. The summed E-state index contributed by atoms with van der Waals surface area (Å²) in [4.78, 5) is 11.9. The van der Waals surface area contributed by atoms with Gasteiger partial charge in [-0.3, -0.25) is 4.79 Å². The molecular formula is C17H11Cl2F3N2O3S2. The fourth-order valence-corrected chi connectivity index (χ4v) is 5.05. The van der Waals surface area contributed by atoms with Gasteiger partial charge in [-0.2, -0.15) is 21.6 Å². The van der Waals surface area contributed by atoms with Crippen LogP contribution in [0.25, 0.3) is 0 Å². The van der Waals surface area contributed by atoms with E-state index in [1.54, 1.807) is 0 Å². The number of amidine groups is 1. The summed E-state index contributed by atoms with van der Waals surface area (Å²) in [5.41, 5.74) is -0.532. The highest BCUT2D eigenvalue weighted by Gasteiger charge is 2.34. The van der Waals surface area contributed by atoms with E-state index in [1.807, 2.05) is 0 Å². The van der Waals surface area contributed by atoms with Crippen molar-refractivity contribution in [2.24, 2.45) is 4.40 Å². The van der Waals surface area contributed by atoms with Crippen LogP contribution in [0.1, 0.15) is 11.1 Å². The zero-order valence-electron chi connectivity index (χ0n) is 14.2. The Morgan fingerprint density at radius 1 is 1.10 bits per heavy atom. The summed E-state index contributed by atoms with van der Waals surface area (Å²) in [6, 6.07) is 8.25. The van der Waals surface area contributed by atoms with E-state index < -0.39 is 32.9 Å². The molecule has 0 radical (unpaired) electrons. The third-order valence-electron chi connectivity index (χ3n) is 3.84. The first-order valence-electron chi connectivity index (χ1n) is 7.89. The molecule has 29 heavy (non-hydrogen) atoms. The second-order valence-corrected chi connectivity index (χ2v) is 9.56. The van der Waals surface area contributed by atoms with Gasteiger partial charge in [0.2, 0.25) is 5.91 Å². The Morgan fingerprint density at radius 2 is 1.83 bits per heavy atom. The summed E-state index contributed by atoms with van der Waals surface area (Å²) in [6.07, 6.45) is -4.52. The number of halogens is 5. The van der Waals surface area contributed by atoms with Crippen LogP contribution in [0.5, 0.6) is 0 Å². The standard InChI is InChI=1S/C17H11Cl2F3N2O3S2/c18-12-5-4-11(8-13(12)19)29(26,27)24-16-23-15(25)14(28-16)7-9-2-1-3-10(6-9)17(20,21)22/h1-6,8,14H,7H2,(H,23,24,25). The molecule has 1 fully saturated rings. The number of nitrogens with zero attached hydrogens (tertiary/aromatic N) is 1. The fraction of sp³-hybridized carbons (Fsp3) is 0.176. The van der Waals surface area contributed by atoms with Crippen LogP contribution in [-0.2, 0) is 27.4 Å². The van der Waals surface area contributed by atoms with E-state index >= 15 is 0 Å². The van der Waals surface area contributed by atoms with Crippen LogP contribution in [0.4, 0.5) is 13.2 Å². The number of benzene rings is 2. The summed E-state index contributed by atoms with van der Waals surface area (Å²) < 4.78 is 66.9. The van der Waals surface area contributed by atoms with Crippen LogP contribution in [0.15, 0.2) is 51.8 Å². The predicted octanol–water partition coefficient (Wildman–Crippen LogP) is 4.53. The van der Waals surface area contributed by atoms with Crippen LogP contribution in [0.2, 0.25) is 10.0 Å². The number of amides is 1. The molecule has 0 aliphatic carbocycles. The highest BCUT2D eigenvalue weighted by atomic mass is 35.5. The highest BCUT2D eigenvalue weighted by Crippen LogP contribution is 2.32. The lowest BCUT2D eigenvalue weighted by Crippen LogP contribution is -2.26. The van der Waals surface area contributed by atoms with Gasteiger partial charge in [-0.05, 0) is 36.2 Å². The van der Waals surface area contributed by atoms with E-state index in [-0.39, 0.29) is 26.5 Å². The number of sulfonamides is 1. The van der Waals surface area contributed by atoms with Crippen LogP contribution in [-0.4, -0.2) is 24.7 Å². The number of hydrogen-bond donors (Lipinski definition) is 1. The quantitative estimate of drug-likeness (QED) is 0.694. The first kappa shape index (κ1) is 21.9. The van der Waals surface area contributed by atoms with Gasteiger partial charge in [0.1, 0.15) is 0 Å². The first-order chi connectivity index (χ1) is 13.5. The lowest BCUT2D eigenvalue weighted by Gasteiger charge is -2.10. The van der Waals surface area contributed by atoms with Gasteiger partial charge < -0.3 is 5.32 Å². The van der Waals surface area contributed by atoms with Crippen molar-refractivity contribution in [3.63, 3.8) is 0 Å². The number of nitrogens with one attached hydrogen (secondary N) is 1. The average Bonchev–Trinajstić information content (AvgIpc) is 2.95. The van der Waals surface area contributed by atoms with E-state index in [0.29, 0.717) is 5.56 Å². The highest BCUT2D eigenvalue weighted by molar-refractivity contribution is 8.16. The SMILES string of the molecule is O=C1N/C(=N/S(=O)(=O)c2ccc(Cl)c(Cl)c2)SC1Cc1cccc(C(F)(F)F)c1. The maximum atomic E-state index is 12.8. The summed E-state index contributed by atoms with van der Waals surface area (Å²) >= 11 is 12.4. The number of carbonyl (C=O) groups is 1. The zero-order valence-corrected chi connectivity index (χ0v) is 17.3. The molecule has 2 aromatic carbocycles. The minimum Gasteiger partial charge on any atom is -0.304 e. The Kier molecular flexibility index (Phi) is 6.19. The molecule has 3 rings (SSSR count). The molecule has 1 atom stereocenters. The molecule has 0 bridgehead atoms. The minimum absolute atomic E-state index is 0.0216. The second kappa shape index (κ2) is 8.17. The summed E-state index contributed by atoms with van der Waals surface area (Å²) in [6.45, 7) is 0. The molecule has 0 spiro atoms. The van der Waals surface area contributed by atoms with Gasteiger partial charge in [0.25, 0.3) is 10.0 Å². The maximum absolute atomic E-state index is 12.8. The van der Waals surface area contributed by atoms with Gasteiger partial charge in [-0.1, -0.05) is 53.2 Å². The van der Waals surface area contributed by atoms with Crippen molar-refractivity contribution in [2.45, 2.75) is 22.7 Å². The van der Waals surface area contributed by atoms with E-state index in [2.05, 4.69) is 9.71 Å². The Balaban J connectivity index is 1.78. The van der Waals surface area contributed by atoms with E-state index in [0.717, 1.165) is 30.0 Å². The second-order valence-electron chi connectivity index (χ2n) is 5.95. The van der Waals surface area contributed by atoms with E-state index in [4.69, 9.17) is 23.2 Å². The number of alkyl halides is 3. The molecule has 2 aromatic rings. The Labute approximate surface area is 178 Å². The lowest BCUT2D eigenvalue weighted by atomic mass is 10.1. The van der Waals surface area contributed by atoms with Gasteiger partial charge in [-0.15, -0.1) is 4.40 Å². The molecule has 1 aliphatic rings. The molecule has 12 heteroatoms. The normalized spacial score (nSPS) is 18.9. The predicted molar refractivity (Wildman–Crippen MR) is 106 cm³/mol. The van der Waals surface area contributed by atoms with Gasteiger partial charge in [0.05, 0.1) is 25.8 Å². The molecule has 0 saturated carbocycles. The molecule has 0 aromatic heterocycles. The molecule has 1 amide bonds. The van der Waals surface area contributed by atoms with Crippen molar-refractivity contribution < 1.29 is 26.4 Å². The molecular weight excluding hydrogens is 472 g/mol. The van der Waals surface area contributed by atoms with Gasteiger partial charge in [-0.25, -0.2) is 0 Å². The molecule has 1 saturated heterocycles. The van der Waals surface area contributed by atoms with Gasteiger partial charge in [0, 0.05) is 0 Å². The topological polar surface area (TPSA) is 75.6 Å². The van der Waals surface area contributed by atoms with Crippen molar-refractivity contribution in [3.05, 3.63) is 63.6 Å². The van der Waals surface area contributed by atoms with Crippen molar-refractivity contribution in [1.29, 1.82) is 0 Å². The molecule has 1 heterocycles. The fourth-order valence-electron chi connectivity index (χ4n) is 2.47. The van der Waals surface area contributed by atoms with Crippen LogP contribution < -0.4 is 5.32 Å². The largest absolute Gasteiger partial charge is 0.416 e. The van der Waals surface area contributed by atoms with Gasteiger partial charge in [0.15, 0.2) is 5.17 Å². The monoisotopic (exact) mass is 482 g/mol. The Morgan fingerprint density at radius 3 is 2.48 bits per heavy atom. The summed E-state index contributed by atoms with van der Waals surface area (Å²) in [5, 5.41) is 1.54. The molecule has 1 N–H and O–H groups in total. The van der Waals surface area contributed by atoms with Crippen LogP contribution in [0.3, 0.4) is 0 Å². The Hall–Kier alpha value is -1.75. The first-order valence-corrected chi connectivity index (χ1v) is 11.0. The molecule has 154 valence electrons. The van der Waals surface area contributed by atoms with Crippen molar-refractivity contribution in [1.82, 2.24) is 5.32 Å². The van der Waals surface area contributed by atoms with Crippen molar-refractivity contribution in [3.8, 4) is 0 Å².